The van der Waals surface area contributed by atoms with Gasteiger partial charge < -0.3 is 21.3 Å². The zero-order chi connectivity index (χ0) is 16.5. The van der Waals surface area contributed by atoms with Crippen LogP contribution < -0.4 is 21.3 Å². The first-order valence-corrected chi connectivity index (χ1v) is 8.57. The van der Waals surface area contributed by atoms with Gasteiger partial charge in [0, 0.05) is 13.1 Å². The second-order valence-electron chi connectivity index (χ2n) is 5.55. The fourth-order valence-corrected chi connectivity index (χ4v) is 2.13. The number of carbonyl (C=O) groups is 2. The highest BCUT2D eigenvalue weighted by Crippen LogP contribution is 1.98. The number of unbranched alkanes of at least 4 members (excludes halogenated alkanes) is 6. The molecule has 0 aromatic heterocycles. The van der Waals surface area contributed by atoms with Gasteiger partial charge in [0.15, 0.2) is 0 Å². The van der Waals surface area contributed by atoms with Crippen LogP contribution in [-0.4, -0.2) is 52.1 Å². The Hall–Kier alpha value is -1.14. The van der Waals surface area contributed by atoms with Crippen molar-refractivity contribution < 1.29 is 9.59 Å². The molecule has 0 aromatic rings. The summed E-state index contributed by atoms with van der Waals surface area (Å²) in [7, 11) is 3.89. The molecule has 0 unspecified atom stereocenters. The first-order valence-electron chi connectivity index (χ1n) is 8.57. The van der Waals surface area contributed by atoms with Crippen LogP contribution in [0.5, 0.6) is 0 Å². The molecule has 6 nitrogen and oxygen atoms in total. The number of hydrogen-bond donors (Lipinski definition) is 4. The SMILES string of the molecule is CNCCCCCCNC(=O)C(=O)NCCCCCCNC. The summed E-state index contributed by atoms with van der Waals surface area (Å²) in [5.74, 6) is -1.02. The van der Waals surface area contributed by atoms with Crippen LogP contribution in [0, 0.1) is 0 Å². The maximum atomic E-state index is 11.5. The van der Waals surface area contributed by atoms with E-state index < -0.39 is 11.8 Å². The van der Waals surface area contributed by atoms with E-state index in [9.17, 15) is 9.59 Å². The summed E-state index contributed by atoms with van der Waals surface area (Å²) in [5.41, 5.74) is 0. The molecule has 0 saturated carbocycles. The van der Waals surface area contributed by atoms with Crippen molar-refractivity contribution in [2.45, 2.75) is 51.4 Å². The van der Waals surface area contributed by atoms with Gasteiger partial charge in [0.1, 0.15) is 0 Å². The summed E-state index contributed by atoms with van der Waals surface area (Å²) in [5, 5.41) is 11.5. The Morgan fingerprint density at radius 3 is 1.18 bits per heavy atom. The fraction of sp³-hybridized carbons (Fsp3) is 0.875. The predicted octanol–water partition coefficient (Wildman–Crippen LogP) is 0.778. The normalized spacial score (nSPS) is 10.5. The molecule has 130 valence electrons. The van der Waals surface area contributed by atoms with E-state index in [0.717, 1.165) is 64.5 Å². The minimum absolute atomic E-state index is 0.509. The van der Waals surface area contributed by atoms with Crippen molar-refractivity contribution in [1.29, 1.82) is 0 Å². The zero-order valence-corrected chi connectivity index (χ0v) is 14.3. The molecule has 2 amide bonds. The van der Waals surface area contributed by atoms with E-state index in [0.29, 0.717) is 13.1 Å². The highest BCUT2D eigenvalue weighted by atomic mass is 16.2. The Morgan fingerprint density at radius 1 is 0.545 bits per heavy atom. The Labute approximate surface area is 135 Å². The van der Waals surface area contributed by atoms with E-state index >= 15 is 0 Å². The van der Waals surface area contributed by atoms with Crippen LogP contribution in [0.4, 0.5) is 0 Å². The molecule has 0 radical (unpaired) electrons. The fourth-order valence-electron chi connectivity index (χ4n) is 2.13. The zero-order valence-electron chi connectivity index (χ0n) is 14.3. The molecule has 0 spiro atoms. The summed E-state index contributed by atoms with van der Waals surface area (Å²) in [4.78, 5) is 23.1. The molecule has 0 rings (SSSR count). The molecule has 22 heavy (non-hydrogen) atoms. The van der Waals surface area contributed by atoms with Gasteiger partial charge in [-0.3, -0.25) is 9.59 Å². The first-order chi connectivity index (χ1) is 10.7. The highest BCUT2D eigenvalue weighted by molar-refractivity contribution is 6.35. The average molecular weight is 314 g/mol. The van der Waals surface area contributed by atoms with Crippen LogP contribution in [0.3, 0.4) is 0 Å². The van der Waals surface area contributed by atoms with Crippen molar-refractivity contribution in [3.63, 3.8) is 0 Å². The second-order valence-corrected chi connectivity index (χ2v) is 5.55. The Morgan fingerprint density at radius 2 is 0.864 bits per heavy atom. The van der Waals surface area contributed by atoms with Crippen LogP contribution in [0.25, 0.3) is 0 Å². The maximum absolute atomic E-state index is 11.5. The van der Waals surface area contributed by atoms with Gasteiger partial charge in [0.2, 0.25) is 0 Å². The molecule has 4 N–H and O–H groups in total. The summed E-state index contributed by atoms with van der Waals surface area (Å²) in [6.07, 6.45) is 8.61. The lowest BCUT2D eigenvalue weighted by Crippen LogP contribution is -2.40. The maximum Gasteiger partial charge on any atom is 0.309 e. The van der Waals surface area contributed by atoms with Crippen molar-refractivity contribution in [3.8, 4) is 0 Å². The summed E-state index contributed by atoms with van der Waals surface area (Å²) >= 11 is 0. The molecule has 0 aliphatic carbocycles. The lowest BCUT2D eigenvalue weighted by atomic mass is 10.2. The standard InChI is InChI=1S/C16H34N4O2/c1-17-11-7-3-5-9-13-19-15(21)16(22)20-14-10-6-4-8-12-18-2/h17-18H,3-14H2,1-2H3,(H,19,21)(H,20,22). The van der Waals surface area contributed by atoms with Gasteiger partial charge in [-0.1, -0.05) is 25.7 Å². The highest BCUT2D eigenvalue weighted by Gasteiger charge is 2.11. The minimum Gasteiger partial charge on any atom is -0.348 e. The molecule has 0 heterocycles. The van der Waals surface area contributed by atoms with E-state index in [1.807, 2.05) is 14.1 Å². The van der Waals surface area contributed by atoms with E-state index in [2.05, 4.69) is 21.3 Å². The van der Waals surface area contributed by atoms with E-state index in [1.54, 1.807) is 0 Å². The van der Waals surface area contributed by atoms with E-state index in [-0.39, 0.29) is 0 Å². The van der Waals surface area contributed by atoms with Crippen molar-refractivity contribution >= 4 is 11.8 Å². The summed E-state index contributed by atoms with van der Waals surface area (Å²) in [6.45, 7) is 3.22. The van der Waals surface area contributed by atoms with Gasteiger partial charge in [-0.2, -0.15) is 0 Å². The molecular weight excluding hydrogens is 280 g/mol. The molecule has 0 aliphatic rings. The third-order valence-electron chi connectivity index (χ3n) is 3.48. The number of carbonyl (C=O) groups excluding carboxylic acids is 2. The summed E-state index contributed by atoms with van der Waals surface area (Å²) in [6, 6.07) is 0. The number of amides is 2. The molecular formula is C16H34N4O2. The lowest BCUT2D eigenvalue weighted by molar-refractivity contribution is -0.139. The topological polar surface area (TPSA) is 82.3 Å². The quantitative estimate of drug-likeness (QED) is 0.282. The van der Waals surface area contributed by atoms with Crippen LogP contribution >= 0.6 is 0 Å². The monoisotopic (exact) mass is 314 g/mol. The number of rotatable bonds is 14. The van der Waals surface area contributed by atoms with Gasteiger partial charge in [0.25, 0.3) is 0 Å². The van der Waals surface area contributed by atoms with Crippen molar-refractivity contribution in [3.05, 3.63) is 0 Å². The smallest absolute Gasteiger partial charge is 0.309 e. The molecule has 0 aliphatic heterocycles. The predicted molar refractivity (Wildman–Crippen MR) is 90.8 cm³/mol. The van der Waals surface area contributed by atoms with Gasteiger partial charge in [-0.05, 0) is 52.9 Å². The van der Waals surface area contributed by atoms with Crippen molar-refractivity contribution in [2.24, 2.45) is 0 Å². The Bertz CT molecular complexity index is 257. The molecule has 0 atom stereocenters. The molecule has 0 fully saturated rings. The van der Waals surface area contributed by atoms with Gasteiger partial charge >= 0.3 is 11.8 Å². The minimum atomic E-state index is -0.509. The molecule has 0 bridgehead atoms. The first kappa shape index (κ1) is 20.9. The summed E-state index contributed by atoms with van der Waals surface area (Å²) < 4.78 is 0. The molecule has 6 heteroatoms. The van der Waals surface area contributed by atoms with Gasteiger partial charge in [-0.25, -0.2) is 0 Å². The van der Waals surface area contributed by atoms with Crippen molar-refractivity contribution in [1.82, 2.24) is 21.3 Å². The number of hydrogen-bond acceptors (Lipinski definition) is 4. The number of nitrogens with one attached hydrogen (secondary N) is 4. The second kappa shape index (κ2) is 16.2. The largest absolute Gasteiger partial charge is 0.348 e. The van der Waals surface area contributed by atoms with Crippen LogP contribution in [0.15, 0.2) is 0 Å². The average Bonchev–Trinajstić information content (AvgIpc) is 2.52. The van der Waals surface area contributed by atoms with Crippen LogP contribution in [0.1, 0.15) is 51.4 Å². The van der Waals surface area contributed by atoms with Crippen LogP contribution in [-0.2, 0) is 9.59 Å². The van der Waals surface area contributed by atoms with Crippen LogP contribution in [0.2, 0.25) is 0 Å². The Balaban J connectivity index is 3.38. The van der Waals surface area contributed by atoms with E-state index in [1.165, 1.54) is 0 Å². The van der Waals surface area contributed by atoms with E-state index in [4.69, 9.17) is 0 Å². The van der Waals surface area contributed by atoms with Crippen molar-refractivity contribution in [2.75, 3.05) is 40.3 Å². The van der Waals surface area contributed by atoms with Gasteiger partial charge in [-0.15, -0.1) is 0 Å². The molecule has 0 aromatic carbocycles. The third kappa shape index (κ3) is 13.8. The molecule has 0 saturated heterocycles. The van der Waals surface area contributed by atoms with Gasteiger partial charge in [0.05, 0.1) is 0 Å². The third-order valence-corrected chi connectivity index (χ3v) is 3.48. The Kier molecular flexibility index (Phi) is 15.4. The lowest BCUT2D eigenvalue weighted by Gasteiger charge is -2.06.